The summed E-state index contributed by atoms with van der Waals surface area (Å²) >= 11 is 0. The third-order valence-corrected chi connectivity index (χ3v) is 15.2. The summed E-state index contributed by atoms with van der Waals surface area (Å²) in [6, 6.07) is 76.1. The Morgan fingerprint density at radius 3 is 0.744 bits per heavy atom. The molecule has 90 heavy (non-hydrogen) atoms. The van der Waals surface area contributed by atoms with Crippen LogP contribution >= 0.6 is 0 Å². The molecule has 14 rings (SSSR count). The number of hydrogen-bond donors (Lipinski definition) is 7. The molecule has 0 atom stereocenters. The lowest BCUT2D eigenvalue weighted by Gasteiger charge is -2.07. The minimum absolute atomic E-state index is 0.669. The molecule has 9 heteroatoms. The molecule has 11 N–H and O–H groups in total. The van der Waals surface area contributed by atoms with Gasteiger partial charge in [-0.2, -0.15) is 0 Å². The number of rotatable bonds is 4. The van der Waals surface area contributed by atoms with E-state index in [1.807, 2.05) is 171 Å². The standard InChI is InChI=1S/C76H50N8.C5H7N/c77-61-9-1-5-53(45-61)17-13-49-21-29-57(30-22-49)73-65-37-39-67(81-65)74(58-31-23-50(24-32-58)14-18-54-6-2-10-62(78)46-54)69-41-43-71(83-69)76(60-35-27-52(28-36-60)16-20-56-8-4-12-64(80)48-56)72-44-42-70(84-72)75(68-40-38-66(73)82-68)59-33-25-51(26-34-59)15-19-55-7-3-11-63(79)47-55;1-5-3-2-4-6-5/h1-12,21-48,81,84H,77-80H2;2-4,6H,1H3. The second kappa shape index (κ2) is 25.3. The molecule has 0 aliphatic carbocycles. The molecule has 8 bridgehead atoms. The van der Waals surface area contributed by atoms with Gasteiger partial charge in [0.2, 0.25) is 0 Å². The van der Waals surface area contributed by atoms with Crippen molar-refractivity contribution in [1.82, 2.24) is 24.9 Å². The number of aromatic nitrogens is 5. The lowest BCUT2D eigenvalue weighted by atomic mass is 10.0. The smallest absolute Gasteiger partial charge is 0.0737 e. The van der Waals surface area contributed by atoms with E-state index in [-0.39, 0.29) is 0 Å². The third-order valence-electron chi connectivity index (χ3n) is 15.2. The Labute approximate surface area is 522 Å². The van der Waals surface area contributed by atoms with E-state index >= 15 is 0 Å². The fraction of sp³-hybridized carbons (Fsp3) is 0.0123. The molecule has 8 aromatic carbocycles. The van der Waals surface area contributed by atoms with Crippen LogP contribution in [-0.4, -0.2) is 24.9 Å². The van der Waals surface area contributed by atoms with Gasteiger partial charge in [0.1, 0.15) is 0 Å². The van der Waals surface area contributed by atoms with E-state index in [4.69, 9.17) is 32.9 Å². The van der Waals surface area contributed by atoms with Gasteiger partial charge in [-0.3, -0.25) is 0 Å². The van der Waals surface area contributed by atoms with Gasteiger partial charge in [-0.1, -0.05) is 120 Å². The average molecular weight is 1160 g/mol. The number of nitrogens with zero attached hydrogens (tertiary/aromatic N) is 2. The van der Waals surface area contributed by atoms with Crippen molar-refractivity contribution in [2.24, 2.45) is 0 Å². The Bertz CT molecular complexity index is 4610. The van der Waals surface area contributed by atoms with Gasteiger partial charge in [0.15, 0.2) is 0 Å². The molecule has 2 aliphatic heterocycles. The Kier molecular flexibility index (Phi) is 15.8. The van der Waals surface area contributed by atoms with Gasteiger partial charge in [-0.25, -0.2) is 9.97 Å². The number of benzene rings is 8. The van der Waals surface area contributed by atoms with Crippen LogP contribution in [0.15, 0.2) is 237 Å². The van der Waals surface area contributed by atoms with Gasteiger partial charge in [0, 0.05) is 123 Å². The second-order valence-electron chi connectivity index (χ2n) is 21.7. The fourth-order valence-corrected chi connectivity index (χ4v) is 10.8. The molecular formula is C81H57N9. The zero-order valence-electron chi connectivity index (χ0n) is 49.0. The van der Waals surface area contributed by atoms with E-state index < -0.39 is 0 Å². The molecule has 0 saturated carbocycles. The van der Waals surface area contributed by atoms with Crippen molar-refractivity contribution in [3.8, 4) is 91.9 Å². The summed E-state index contributed by atoms with van der Waals surface area (Å²) in [4.78, 5) is 21.9. The highest BCUT2D eigenvalue weighted by atomic mass is 14.8. The highest BCUT2D eigenvalue weighted by molar-refractivity contribution is 6.00. The van der Waals surface area contributed by atoms with Crippen molar-refractivity contribution in [3.63, 3.8) is 0 Å². The summed E-state index contributed by atoms with van der Waals surface area (Å²) < 4.78 is 0. The van der Waals surface area contributed by atoms with E-state index in [1.54, 1.807) is 0 Å². The van der Waals surface area contributed by atoms with Crippen LogP contribution in [0.2, 0.25) is 0 Å². The van der Waals surface area contributed by atoms with E-state index in [2.05, 4.69) is 159 Å². The monoisotopic (exact) mass is 1160 g/mol. The van der Waals surface area contributed by atoms with Crippen LogP contribution in [0.3, 0.4) is 0 Å². The van der Waals surface area contributed by atoms with E-state index in [9.17, 15) is 0 Å². The largest absolute Gasteiger partial charge is 0.399 e. The fourth-order valence-electron chi connectivity index (χ4n) is 10.8. The van der Waals surface area contributed by atoms with Gasteiger partial charge in [0.05, 0.1) is 22.8 Å². The van der Waals surface area contributed by atoms with Crippen molar-refractivity contribution >= 4 is 69.1 Å². The highest BCUT2D eigenvalue weighted by Gasteiger charge is 2.19. The predicted octanol–water partition coefficient (Wildman–Crippen LogP) is 16.6. The SMILES string of the molecule is Cc1ccc[nH]1.Nc1cccc(C#Cc2ccc(-c3c4nc(c(-c5ccc(C#Cc6cccc(N)c6)cc5)c5ccc([nH]5)c(-c5ccc(C#Cc6cccc(N)c6)cc5)c5nc(c(-c6ccc(C#Cc7cccc(N)c7)cc6)c6ccc3[nH]6)C=C5)C=C4)cc2)c1. The van der Waals surface area contributed by atoms with Gasteiger partial charge in [0.25, 0.3) is 0 Å². The highest BCUT2D eigenvalue weighted by Crippen LogP contribution is 2.39. The first-order chi connectivity index (χ1) is 44.1. The van der Waals surface area contributed by atoms with Crippen LogP contribution < -0.4 is 22.9 Å². The van der Waals surface area contributed by atoms with Crippen LogP contribution in [-0.2, 0) is 0 Å². The summed E-state index contributed by atoms with van der Waals surface area (Å²) in [5.74, 6) is 26.4. The molecule has 0 radical (unpaired) electrons. The summed E-state index contributed by atoms with van der Waals surface area (Å²) in [6.07, 6.45) is 10.3. The molecule has 0 saturated heterocycles. The van der Waals surface area contributed by atoms with E-state index in [0.717, 1.165) is 134 Å². The number of aromatic amines is 3. The van der Waals surface area contributed by atoms with Crippen molar-refractivity contribution in [2.45, 2.75) is 6.92 Å². The van der Waals surface area contributed by atoms with Crippen molar-refractivity contribution in [2.75, 3.05) is 22.9 Å². The normalized spacial score (nSPS) is 10.9. The molecule has 0 amide bonds. The lowest BCUT2D eigenvalue weighted by molar-refractivity contribution is 1.27. The number of nitrogen functional groups attached to an aromatic ring is 4. The Morgan fingerprint density at radius 2 is 0.533 bits per heavy atom. The number of H-pyrrole nitrogens is 3. The number of nitrogens with one attached hydrogen (secondary N) is 3. The second-order valence-corrected chi connectivity index (χ2v) is 21.7. The Balaban J connectivity index is 0.00000117. The first-order valence-electron chi connectivity index (χ1n) is 29.3. The number of nitrogens with two attached hydrogens (primary N) is 4. The molecule has 9 nitrogen and oxygen atoms in total. The molecule has 6 heterocycles. The topological polar surface area (TPSA) is 177 Å². The maximum absolute atomic E-state index is 6.09. The zero-order chi connectivity index (χ0) is 61.3. The third kappa shape index (κ3) is 13.0. The van der Waals surface area contributed by atoms with Crippen LogP contribution in [0.1, 0.15) is 73.0 Å². The van der Waals surface area contributed by atoms with Crippen LogP contribution in [0.4, 0.5) is 22.7 Å². The number of aryl methyl sites for hydroxylation is 1. The number of hydrogen-bond acceptors (Lipinski definition) is 6. The van der Waals surface area contributed by atoms with Crippen molar-refractivity contribution in [1.29, 1.82) is 0 Å². The molecule has 0 spiro atoms. The van der Waals surface area contributed by atoms with Gasteiger partial charge >= 0.3 is 0 Å². The Morgan fingerprint density at radius 1 is 0.278 bits per heavy atom. The van der Waals surface area contributed by atoms with Crippen LogP contribution in [0.25, 0.3) is 90.9 Å². The first kappa shape index (κ1) is 56.2. The van der Waals surface area contributed by atoms with E-state index in [1.165, 1.54) is 5.69 Å². The zero-order valence-corrected chi connectivity index (χ0v) is 49.0. The molecule has 12 aromatic rings. The minimum Gasteiger partial charge on any atom is -0.399 e. The predicted molar refractivity (Wildman–Crippen MR) is 373 cm³/mol. The van der Waals surface area contributed by atoms with Crippen molar-refractivity contribution in [3.05, 3.63) is 310 Å². The average Bonchev–Trinajstić information content (AvgIpc) is 1.67. The maximum atomic E-state index is 6.09. The molecule has 426 valence electrons. The maximum Gasteiger partial charge on any atom is 0.0737 e. The summed E-state index contributed by atoms with van der Waals surface area (Å²) in [6.45, 7) is 2.03. The van der Waals surface area contributed by atoms with Crippen LogP contribution in [0, 0.1) is 54.3 Å². The Hall–Kier alpha value is -12.9. The summed E-state index contributed by atoms with van der Waals surface area (Å²) in [5, 5.41) is 0. The molecule has 0 fully saturated rings. The van der Waals surface area contributed by atoms with Crippen molar-refractivity contribution < 1.29 is 0 Å². The molecule has 4 aromatic heterocycles. The molecule has 2 aliphatic rings. The molecule has 0 unspecified atom stereocenters. The van der Waals surface area contributed by atoms with E-state index in [0.29, 0.717) is 22.7 Å². The molecular weight excluding hydrogens is 1100 g/mol. The van der Waals surface area contributed by atoms with Gasteiger partial charge < -0.3 is 37.9 Å². The van der Waals surface area contributed by atoms with Gasteiger partial charge in [-0.15, -0.1) is 0 Å². The number of fused-ring (bicyclic) bond motifs is 8. The van der Waals surface area contributed by atoms with Crippen LogP contribution in [0.5, 0.6) is 0 Å². The number of anilines is 4. The summed E-state index contributed by atoms with van der Waals surface area (Å²) in [7, 11) is 0. The quantitative estimate of drug-likeness (QED) is 0.0681. The lowest BCUT2D eigenvalue weighted by Crippen LogP contribution is -1.90. The minimum atomic E-state index is 0.669. The summed E-state index contributed by atoms with van der Waals surface area (Å²) in [5.41, 5.74) is 49.1. The first-order valence-corrected chi connectivity index (χ1v) is 29.3. The van der Waals surface area contributed by atoms with Gasteiger partial charge in [-0.05, 0) is 211 Å².